The second kappa shape index (κ2) is 3.92. The highest BCUT2D eigenvalue weighted by Crippen LogP contribution is 2.27. The number of nitrogens with zero attached hydrogens (tertiary/aromatic N) is 1. The summed E-state index contributed by atoms with van der Waals surface area (Å²) in [5, 5.41) is 18.4. The van der Waals surface area contributed by atoms with Crippen LogP contribution >= 0.6 is 0 Å². The van der Waals surface area contributed by atoms with Crippen LogP contribution < -0.4 is 5.73 Å². The van der Waals surface area contributed by atoms with Crippen LogP contribution in [-0.4, -0.2) is 34.3 Å². The second-order valence-corrected chi connectivity index (χ2v) is 3.95. The first-order chi connectivity index (χ1) is 7.58. The van der Waals surface area contributed by atoms with Crippen LogP contribution in [0.4, 0.5) is 10.5 Å². The van der Waals surface area contributed by atoms with E-state index in [1.807, 2.05) is 0 Å². The fraction of sp³-hybridized carbons (Fsp3) is 0.364. The summed E-state index contributed by atoms with van der Waals surface area (Å²) in [6.45, 7) is 0.943. The molecule has 0 bridgehead atoms. The minimum Gasteiger partial charge on any atom is -0.506 e. The van der Waals surface area contributed by atoms with Gasteiger partial charge < -0.3 is 20.8 Å². The first kappa shape index (κ1) is 10.6. The van der Waals surface area contributed by atoms with Crippen molar-refractivity contribution in [3.63, 3.8) is 0 Å². The minimum atomic E-state index is -0.898. The van der Waals surface area contributed by atoms with Gasteiger partial charge in [0.1, 0.15) is 5.75 Å². The lowest BCUT2D eigenvalue weighted by Gasteiger charge is -2.14. The molecule has 0 aliphatic carbocycles. The first-order valence-corrected chi connectivity index (χ1v) is 5.16. The maximum atomic E-state index is 10.8. The van der Waals surface area contributed by atoms with Gasteiger partial charge in [-0.1, -0.05) is 0 Å². The van der Waals surface area contributed by atoms with Crippen LogP contribution in [0.5, 0.6) is 5.75 Å². The van der Waals surface area contributed by atoms with Gasteiger partial charge in [0.2, 0.25) is 0 Å². The zero-order valence-electron chi connectivity index (χ0n) is 8.81. The number of rotatable bonds is 0. The van der Waals surface area contributed by atoms with Gasteiger partial charge in [0.15, 0.2) is 0 Å². The van der Waals surface area contributed by atoms with E-state index in [0.717, 1.165) is 11.1 Å². The number of carboxylic acid groups (broad SMARTS) is 1. The van der Waals surface area contributed by atoms with Crippen LogP contribution in [0.1, 0.15) is 11.1 Å². The molecule has 0 aromatic heterocycles. The lowest BCUT2D eigenvalue weighted by molar-refractivity contribution is 0.147. The molecule has 1 aromatic carbocycles. The summed E-state index contributed by atoms with van der Waals surface area (Å²) >= 11 is 0. The van der Waals surface area contributed by atoms with E-state index in [-0.39, 0.29) is 5.75 Å². The largest absolute Gasteiger partial charge is 0.506 e. The Balaban J connectivity index is 2.27. The number of anilines is 1. The van der Waals surface area contributed by atoms with E-state index in [0.29, 0.717) is 31.6 Å². The predicted molar refractivity (Wildman–Crippen MR) is 59.5 cm³/mol. The Morgan fingerprint density at radius 1 is 1.25 bits per heavy atom. The number of aromatic hydroxyl groups is 1. The van der Waals surface area contributed by atoms with Crippen molar-refractivity contribution in [2.75, 3.05) is 18.8 Å². The zero-order chi connectivity index (χ0) is 11.7. The Bertz CT molecular complexity index is 398. The molecule has 1 amide bonds. The molecule has 5 heteroatoms. The van der Waals surface area contributed by atoms with E-state index < -0.39 is 6.09 Å². The van der Waals surface area contributed by atoms with Gasteiger partial charge in [0.25, 0.3) is 0 Å². The van der Waals surface area contributed by atoms with Crippen LogP contribution in [0.25, 0.3) is 0 Å². The van der Waals surface area contributed by atoms with Crippen molar-refractivity contribution in [2.45, 2.75) is 12.8 Å². The number of nitrogen functional groups attached to an aromatic ring is 1. The molecule has 16 heavy (non-hydrogen) atoms. The van der Waals surface area contributed by atoms with E-state index >= 15 is 0 Å². The van der Waals surface area contributed by atoms with Gasteiger partial charge in [-0.3, -0.25) is 0 Å². The molecule has 0 atom stereocenters. The Kier molecular flexibility index (Phi) is 2.60. The van der Waals surface area contributed by atoms with E-state index in [1.165, 1.54) is 4.90 Å². The molecule has 4 N–H and O–H groups in total. The molecule has 0 saturated heterocycles. The third-order valence-electron chi connectivity index (χ3n) is 2.92. The number of phenols is 1. The number of hydrogen-bond donors (Lipinski definition) is 3. The lowest BCUT2D eigenvalue weighted by Crippen LogP contribution is -2.31. The van der Waals surface area contributed by atoms with Gasteiger partial charge in [-0.05, 0) is 36.1 Å². The summed E-state index contributed by atoms with van der Waals surface area (Å²) in [6.07, 6.45) is 0.367. The SMILES string of the molecule is Nc1cc2c(cc1O)CCN(C(=O)O)CC2. The highest BCUT2D eigenvalue weighted by Gasteiger charge is 2.18. The number of fused-ring (bicyclic) bond motifs is 1. The third-order valence-corrected chi connectivity index (χ3v) is 2.92. The van der Waals surface area contributed by atoms with Crippen LogP contribution in [0.15, 0.2) is 12.1 Å². The summed E-state index contributed by atoms with van der Waals surface area (Å²) in [6, 6.07) is 3.37. The molecule has 0 saturated carbocycles. The topological polar surface area (TPSA) is 86.8 Å². The quantitative estimate of drug-likeness (QED) is 0.452. The van der Waals surface area contributed by atoms with Crippen LogP contribution in [-0.2, 0) is 12.8 Å². The summed E-state index contributed by atoms with van der Waals surface area (Å²) in [4.78, 5) is 12.2. The number of carbonyl (C=O) groups is 1. The molecule has 86 valence electrons. The smallest absolute Gasteiger partial charge is 0.407 e. The summed E-state index contributed by atoms with van der Waals surface area (Å²) in [5.74, 6) is 0.0718. The molecular formula is C11H14N2O3. The second-order valence-electron chi connectivity index (χ2n) is 3.95. The maximum Gasteiger partial charge on any atom is 0.407 e. The first-order valence-electron chi connectivity index (χ1n) is 5.16. The molecule has 1 aromatic rings. The zero-order valence-corrected chi connectivity index (χ0v) is 8.81. The van der Waals surface area contributed by atoms with E-state index in [4.69, 9.17) is 10.8 Å². The number of nitrogens with two attached hydrogens (primary N) is 1. The molecule has 0 fully saturated rings. The molecule has 0 unspecified atom stereocenters. The Morgan fingerprint density at radius 2 is 1.81 bits per heavy atom. The van der Waals surface area contributed by atoms with Gasteiger partial charge in [0.05, 0.1) is 5.69 Å². The average Bonchev–Trinajstić information content (AvgIpc) is 2.41. The van der Waals surface area contributed by atoms with Crippen molar-refractivity contribution >= 4 is 11.8 Å². The average molecular weight is 222 g/mol. The normalized spacial score (nSPS) is 15.4. The van der Waals surface area contributed by atoms with Crippen LogP contribution in [0.3, 0.4) is 0 Å². The number of benzene rings is 1. The van der Waals surface area contributed by atoms with Crippen molar-refractivity contribution in [3.05, 3.63) is 23.3 Å². The Morgan fingerprint density at radius 3 is 2.38 bits per heavy atom. The molecule has 1 aliphatic heterocycles. The lowest BCUT2D eigenvalue weighted by atomic mass is 10.0. The van der Waals surface area contributed by atoms with E-state index in [2.05, 4.69) is 0 Å². The van der Waals surface area contributed by atoms with Gasteiger partial charge in [-0.15, -0.1) is 0 Å². The molecular weight excluding hydrogens is 208 g/mol. The van der Waals surface area contributed by atoms with Crippen molar-refractivity contribution in [2.24, 2.45) is 0 Å². The van der Waals surface area contributed by atoms with Gasteiger partial charge in [0, 0.05) is 13.1 Å². The predicted octanol–water partition coefficient (Wildman–Crippen LogP) is 1.05. The standard InChI is InChI=1S/C11H14N2O3/c12-9-5-7-1-3-13(11(15)16)4-2-8(7)6-10(9)14/h5-6,14H,1-4,12H2,(H,15,16). The van der Waals surface area contributed by atoms with Crippen molar-refractivity contribution in [1.29, 1.82) is 0 Å². The van der Waals surface area contributed by atoms with Gasteiger partial charge >= 0.3 is 6.09 Å². The fourth-order valence-electron chi connectivity index (χ4n) is 1.97. The maximum absolute atomic E-state index is 10.8. The van der Waals surface area contributed by atoms with Crippen LogP contribution in [0.2, 0.25) is 0 Å². The summed E-state index contributed by atoms with van der Waals surface area (Å²) in [7, 11) is 0. The highest BCUT2D eigenvalue weighted by atomic mass is 16.4. The molecule has 1 aliphatic rings. The van der Waals surface area contributed by atoms with Gasteiger partial charge in [-0.2, -0.15) is 0 Å². The Hall–Kier alpha value is -1.91. The summed E-state index contributed by atoms with van der Waals surface area (Å²) < 4.78 is 0. The number of amides is 1. The molecule has 0 spiro atoms. The van der Waals surface area contributed by atoms with Crippen LogP contribution in [0, 0.1) is 0 Å². The fourth-order valence-corrected chi connectivity index (χ4v) is 1.97. The van der Waals surface area contributed by atoms with Crippen molar-refractivity contribution < 1.29 is 15.0 Å². The minimum absolute atomic E-state index is 0.0718. The highest BCUT2D eigenvalue weighted by molar-refractivity contribution is 5.65. The van der Waals surface area contributed by atoms with E-state index in [9.17, 15) is 9.90 Å². The number of hydrogen-bond acceptors (Lipinski definition) is 3. The molecule has 0 radical (unpaired) electrons. The molecule has 2 rings (SSSR count). The van der Waals surface area contributed by atoms with Crippen molar-refractivity contribution in [1.82, 2.24) is 4.90 Å². The Labute approximate surface area is 93.1 Å². The molecule has 5 nitrogen and oxygen atoms in total. The monoisotopic (exact) mass is 222 g/mol. The molecule has 1 heterocycles. The summed E-state index contributed by atoms with van der Waals surface area (Å²) in [5.41, 5.74) is 7.97. The van der Waals surface area contributed by atoms with Gasteiger partial charge in [-0.25, -0.2) is 4.79 Å². The third kappa shape index (κ3) is 1.88. The number of phenolic OH excluding ortho intramolecular Hbond substituents is 1. The van der Waals surface area contributed by atoms with Crippen molar-refractivity contribution in [3.8, 4) is 5.75 Å². The van der Waals surface area contributed by atoms with E-state index in [1.54, 1.807) is 12.1 Å².